The number of rotatable bonds is 3. The molecule has 0 aliphatic heterocycles. The van der Waals surface area contributed by atoms with Gasteiger partial charge in [0.2, 0.25) is 0 Å². The Kier molecular flexibility index (Phi) is 3.05. The maximum atomic E-state index is 12.0. The minimum absolute atomic E-state index is 0.0943. The molecule has 1 heterocycles. The first-order valence-electron chi connectivity index (χ1n) is 6.28. The molecule has 1 saturated carbocycles. The molecule has 1 fully saturated rings. The van der Waals surface area contributed by atoms with Crippen molar-refractivity contribution in [3.63, 3.8) is 0 Å². The van der Waals surface area contributed by atoms with E-state index in [9.17, 15) is 14.7 Å². The Morgan fingerprint density at radius 1 is 1.44 bits per heavy atom. The van der Waals surface area contributed by atoms with Crippen molar-refractivity contribution in [1.82, 2.24) is 4.57 Å². The molecule has 0 unspecified atom stereocenters. The first kappa shape index (κ1) is 12.9. The van der Waals surface area contributed by atoms with E-state index in [1.807, 2.05) is 0 Å². The summed E-state index contributed by atoms with van der Waals surface area (Å²) in [7, 11) is 0. The Morgan fingerprint density at radius 2 is 2.06 bits per heavy atom. The predicted octanol–water partition coefficient (Wildman–Crippen LogP) is 2.35. The van der Waals surface area contributed by atoms with Gasteiger partial charge < -0.3 is 9.67 Å². The number of aryl methyl sites for hydroxylation is 1. The van der Waals surface area contributed by atoms with Crippen LogP contribution in [0.15, 0.2) is 10.9 Å². The summed E-state index contributed by atoms with van der Waals surface area (Å²) in [5.41, 5.74) is 1.43. The van der Waals surface area contributed by atoms with Gasteiger partial charge in [-0.1, -0.05) is 13.3 Å². The molecule has 1 aromatic rings. The van der Waals surface area contributed by atoms with Crippen LogP contribution in [-0.4, -0.2) is 15.6 Å². The minimum Gasteiger partial charge on any atom is -0.478 e. The quantitative estimate of drug-likeness (QED) is 0.894. The lowest BCUT2D eigenvalue weighted by atomic mass is 9.70. The molecule has 1 aliphatic carbocycles. The summed E-state index contributed by atoms with van der Waals surface area (Å²) in [6, 6.07) is 1.43. The van der Waals surface area contributed by atoms with Gasteiger partial charge in [-0.25, -0.2) is 4.79 Å². The monoisotopic (exact) mass is 249 g/mol. The smallest absolute Gasteiger partial charge is 0.337 e. The molecule has 0 bridgehead atoms. The SMILES string of the molecule is Cc1cc(=O)n(CC2(C)CCC2)c(C)c1C(=O)O. The molecule has 98 valence electrons. The van der Waals surface area contributed by atoms with Crippen LogP contribution in [0.4, 0.5) is 0 Å². The van der Waals surface area contributed by atoms with Gasteiger partial charge in [-0.15, -0.1) is 0 Å². The maximum absolute atomic E-state index is 12.0. The standard InChI is InChI=1S/C14H19NO3/c1-9-7-11(16)15(8-14(3)5-4-6-14)10(2)12(9)13(17)18/h7H,4-6,8H2,1-3H3,(H,17,18). The normalized spacial score (nSPS) is 17.3. The second-order valence-corrected chi connectivity index (χ2v) is 5.68. The highest BCUT2D eigenvalue weighted by atomic mass is 16.4. The van der Waals surface area contributed by atoms with Gasteiger partial charge in [-0.05, 0) is 37.7 Å². The largest absolute Gasteiger partial charge is 0.478 e. The summed E-state index contributed by atoms with van der Waals surface area (Å²) >= 11 is 0. The predicted molar refractivity (Wildman–Crippen MR) is 69.1 cm³/mol. The molecule has 0 atom stereocenters. The van der Waals surface area contributed by atoms with Crippen molar-refractivity contribution < 1.29 is 9.90 Å². The zero-order valence-electron chi connectivity index (χ0n) is 11.1. The van der Waals surface area contributed by atoms with E-state index in [0.29, 0.717) is 17.8 Å². The number of carboxylic acids is 1. The summed E-state index contributed by atoms with van der Waals surface area (Å²) in [5, 5.41) is 9.22. The number of hydrogen-bond donors (Lipinski definition) is 1. The second kappa shape index (κ2) is 4.26. The van der Waals surface area contributed by atoms with Crippen LogP contribution in [0.3, 0.4) is 0 Å². The van der Waals surface area contributed by atoms with Crippen molar-refractivity contribution in [3.8, 4) is 0 Å². The van der Waals surface area contributed by atoms with Crippen LogP contribution in [0, 0.1) is 19.3 Å². The molecule has 0 spiro atoms. The third kappa shape index (κ3) is 2.07. The third-order valence-electron chi connectivity index (χ3n) is 4.08. The van der Waals surface area contributed by atoms with Crippen LogP contribution in [0.2, 0.25) is 0 Å². The average Bonchev–Trinajstić information content (AvgIpc) is 2.20. The fraction of sp³-hybridized carbons (Fsp3) is 0.571. The molecule has 2 rings (SSSR count). The van der Waals surface area contributed by atoms with Crippen LogP contribution in [0.25, 0.3) is 0 Å². The molecule has 4 nitrogen and oxygen atoms in total. The number of aromatic carboxylic acids is 1. The Hall–Kier alpha value is -1.58. The maximum Gasteiger partial charge on any atom is 0.337 e. The molecule has 0 saturated heterocycles. The summed E-state index contributed by atoms with van der Waals surface area (Å²) in [4.78, 5) is 23.3. The Bertz CT molecular complexity index is 553. The Labute approximate surface area is 106 Å². The van der Waals surface area contributed by atoms with Crippen LogP contribution < -0.4 is 5.56 Å². The van der Waals surface area contributed by atoms with Gasteiger partial charge in [0.1, 0.15) is 0 Å². The lowest BCUT2D eigenvalue weighted by molar-refractivity contribution is 0.0692. The van der Waals surface area contributed by atoms with Crippen molar-refractivity contribution in [3.05, 3.63) is 33.2 Å². The van der Waals surface area contributed by atoms with E-state index in [0.717, 1.165) is 12.8 Å². The van der Waals surface area contributed by atoms with Crippen molar-refractivity contribution in [2.45, 2.75) is 46.6 Å². The van der Waals surface area contributed by atoms with Crippen molar-refractivity contribution in [1.29, 1.82) is 0 Å². The van der Waals surface area contributed by atoms with E-state index in [4.69, 9.17) is 0 Å². The molecule has 18 heavy (non-hydrogen) atoms. The zero-order valence-corrected chi connectivity index (χ0v) is 11.1. The zero-order chi connectivity index (χ0) is 13.5. The van der Waals surface area contributed by atoms with E-state index in [1.165, 1.54) is 12.5 Å². The van der Waals surface area contributed by atoms with Gasteiger partial charge in [0.05, 0.1) is 5.56 Å². The van der Waals surface area contributed by atoms with E-state index < -0.39 is 5.97 Å². The fourth-order valence-electron chi connectivity index (χ4n) is 2.76. The summed E-state index contributed by atoms with van der Waals surface area (Å²) in [5.74, 6) is -0.961. The molecule has 1 aliphatic rings. The first-order chi connectivity index (χ1) is 8.34. The van der Waals surface area contributed by atoms with Gasteiger partial charge >= 0.3 is 5.97 Å². The van der Waals surface area contributed by atoms with Crippen molar-refractivity contribution in [2.24, 2.45) is 5.41 Å². The molecule has 0 radical (unpaired) electrons. The van der Waals surface area contributed by atoms with Gasteiger partial charge in [0.25, 0.3) is 5.56 Å². The topological polar surface area (TPSA) is 59.3 Å². The fourth-order valence-corrected chi connectivity index (χ4v) is 2.76. The highest BCUT2D eigenvalue weighted by Crippen LogP contribution is 2.41. The lowest BCUT2D eigenvalue weighted by Crippen LogP contribution is -2.37. The highest BCUT2D eigenvalue weighted by Gasteiger charge is 2.33. The summed E-state index contributed by atoms with van der Waals surface area (Å²) in [6.07, 6.45) is 3.41. The van der Waals surface area contributed by atoms with Gasteiger partial charge in [0, 0.05) is 18.3 Å². The first-order valence-corrected chi connectivity index (χ1v) is 6.28. The van der Waals surface area contributed by atoms with E-state index in [2.05, 4.69) is 6.92 Å². The Balaban J connectivity index is 2.50. The van der Waals surface area contributed by atoms with E-state index >= 15 is 0 Å². The lowest BCUT2D eigenvalue weighted by Gasteiger charge is -2.39. The number of nitrogens with zero attached hydrogens (tertiary/aromatic N) is 1. The van der Waals surface area contributed by atoms with Gasteiger partial charge in [-0.2, -0.15) is 0 Å². The summed E-state index contributed by atoms with van der Waals surface area (Å²) < 4.78 is 1.62. The average molecular weight is 249 g/mol. The number of carboxylic acid groups (broad SMARTS) is 1. The van der Waals surface area contributed by atoms with E-state index in [1.54, 1.807) is 18.4 Å². The minimum atomic E-state index is -0.961. The van der Waals surface area contributed by atoms with Crippen molar-refractivity contribution >= 4 is 5.97 Å². The second-order valence-electron chi connectivity index (χ2n) is 5.68. The number of carbonyl (C=O) groups is 1. The van der Waals surface area contributed by atoms with Crippen LogP contribution in [0.1, 0.15) is 47.8 Å². The third-order valence-corrected chi connectivity index (χ3v) is 4.08. The Morgan fingerprint density at radius 3 is 2.50 bits per heavy atom. The molecule has 0 aromatic carbocycles. The molecular weight excluding hydrogens is 230 g/mol. The molecule has 1 N–H and O–H groups in total. The number of pyridine rings is 1. The van der Waals surface area contributed by atoms with Crippen LogP contribution >= 0.6 is 0 Å². The van der Waals surface area contributed by atoms with Crippen LogP contribution in [0.5, 0.6) is 0 Å². The highest BCUT2D eigenvalue weighted by molar-refractivity contribution is 5.90. The molecule has 1 aromatic heterocycles. The molecule has 0 amide bonds. The van der Waals surface area contributed by atoms with Gasteiger partial charge in [-0.3, -0.25) is 4.79 Å². The van der Waals surface area contributed by atoms with E-state index in [-0.39, 0.29) is 16.5 Å². The van der Waals surface area contributed by atoms with Crippen LogP contribution in [-0.2, 0) is 6.54 Å². The summed E-state index contributed by atoms with van der Waals surface area (Å²) in [6.45, 7) is 6.17. The molecule has 4 heteroatoms. The number of hydrogen-bond acceptors (Lipinski definition) is 2. The number of aromatic nitrogens is 1. The van der Waals surface area contributed by atoms with Crippen molar-refractivity contribution in [2.75, 3.05) is 0 Å². The van der Waals surface area contributed by atoms with Gasteiger partial charge in [0.15, 0.2) is 0 Å². The molecular formula is C14H19NO3.